The van der Waals surface area contributed by atoms with E-state index in [1.165, 1.54) is 0 Å². The van der Waals surface area contributed by atoms with Gasteiger partial charge in [0.15, 0.2) is 11.6 Å². The van der Waals surface area contributed by atoms with Crippen molar-refractivity contribution in [3.8, 4) is 0 Å². The summed E-state index contributed by atoms with van der Waals surface area (Å²) in [5.74, 6) is -2.49. The number of aryl methyl sites for hydroxylation is 1. The number of nitrogens with zero attached hydrogens (tertiary/aromatic N) is 1. The van der Waals surface area contributed by atoms with Gasteiger partial charge < -0.3 is 15.4 Å². The molecule has 1 saturated carbocycles. The van der Waals surface area contributed by atoms with Crippen molar-refractivity contribution in [2.75, 3.05) is 18.5 Å². The van der Waals surface area contributed by atoms with E-state index in [0.717, 1.165) is 22.0 Å². The summed E-state index contributed by atoms with van der Waals surface area (Å²) in [4.78, 5) is 25.1. The van der Waals surface area contributed by atoms with E-state index in [1.807, 2.05) is 19.1 Å². The molecule has 2 aromatic carbocycles. The number of aliphatic hydroxyl groups excluding tert-OH is 1. The van der Waals surface area contributed by atoms with Gasteiger partial charge in [-0.1, -0.05) is 0 Å². The number of hydrogen-bond donors (Lipinski definition) is 4. The lowest BCUT2D eigenvalue weighted by molar-refractivity contribution is 0.0272. The molecule has 0 radical (unpaired) electrons. The number of carbonyl (C=O) groups is 1. The fourth-order valence-electron chi connectivity index (χ4n) is 3.24. The minimum atomic E-state index is -1.22. The molecule has 4 rings (SSSR count). The van der Waals surface area contributed by atoms with Gasteiger partial charge in [0.2, 0.25) is 0 Å². The predicted octanol–water partition coefficient (Wildman–Crippen LogP) is 4.10. The molecule has 164 valence electrons. The smallest absolute Gasteiger partial charge is 0.279 e. The molecule has 1 heterocycles. The van der Waals surface area contributed by atoms with E-state index in [9.17, 15) is 14.3 Å². The molecule has 0 atom stereocenters. The van der Waals surface area contributed by atoms with E-state index >= 15 is 4.39 Å². The molecule has 1 fully saturated rings. The monoisotopic (exact) mass is 542 g/mol. The maximum Gasteiger partial charge on any atom is 0.279 e. The van der Waals surface area contributed by atoms with Crippen molar-refractivity contribution >= 4 is 50.9 Å². The molecule has 7 nitrogen and oxygen atoms in total. The second kappa shape index (κ2) is 9.05. The largest absolute Gasteiger partial charge is 0.396 e. The maximum absolute atomic E-state index is 15.1. The third-order valence-electron chi connectivity index (χ3n) is 5.08. The number of aromatic nitrogens is 2. The van der Waals surface area contributed by atoms with Crippen molar-refractivity contribution in [1.29, 1.82) is 0 Å². The first-order valence-corrected chi connectivity index (χ1v) is 10.9. The van der Waals surface area contributed by atoms with Gasteiger partial charge in [0.1, 0.15) is 11.3 Å². The number of carbonyl (C=O) groups excluding carboxylic acids is 1. The number of imidazole rings is 1. The molecule has 1 aromatic heterocycles. The third kappa shape index (κ3) is 4.65. The van der Waals surface area contributed by atoms with Gasteiger partial charge >= 0.3 is 0 Å². The van der Waals surface area contributed by atoms with E-state index < -0.39 is 17.5 Å². The Bertz CT molecular complexity index is 1150. The minimum Gasteiger partial charge on any atom is -0.396 e. The summed E-state index contributed by atoms with van der Waals surface area (Å²) in [7, 11) is 0. The lowest BCUT2D eigenvalue weighted by atomic mass is 10.1. The standard InChI is InChI=1S/C21H21F2IN4O3/c1-10-8-12(24)4-5-13(10)25-18-15(21(30)28-31-9-11-2-3-11)19-20(17(23)16(18)22)27-14(26-19)6-7-29/h4-5,8,11,25,29H,2-3,6-7,9H2,1H3,(H,26,27)(H,28,30). The van der Waals surface area contributed by atoms with Crippen LogP contribution in [0.15, 0.2) is 18.2 Å². The molecule has 0 bridgehead atoms. The number of aromatic amines is 1. The zero-order valence-corrected chi connectivity index (χ0v) is 18.8. The zero-order chi connectivity index (χ0) is 22.1. The van der Waals surface area contributed by atoms with Crippen LogP contribution in [0.3, 0.4) is 0 Å². The van der Waals surface area contributed by atoms with Crippen LogP contribution in [0, 0.1) is 28.0 Å². The van der Waals surface area contributed by atoms with E-state index in [1.54, 1.807) is 6.07 Å². The van der Waals surface area contributed by atoms with Crippen molar-refractivity contribution in [3.63, 3.8) is 0 Å². The van der Waals surface area contributed by atoms with Crippen LogP contribution in [0.5, 0.6) is 0 Å². The molecule has 4 N–H and O–H groups in total. The van der Waals surface area contributed by atoms with E-state index in [2.05, 4.69) is 43.4 Å². The molecular weight excluding hydrogens is 521 g/mol. The topological polar surface area (TPSA) is 99.3 Å². The highest BCUT2D eigenvalue weighted by Gasteiger charge is 2.28. The number of amides is 1. The average Bonchev–Trinajstić information content (AvgIpc) is 3.46. The van der Waals surface area contributed by atoms with Crippen LogP contribution in [-0.4, -0.2) is 34.2 Å². The van der Waals surface area contributed by atoms with Gasteiger partial charge in [-0.05, 0) is 72.0 Å². The van der Waals surface area contributed by atoms with E-state index in [0.29, 0.717) is 18.2 Å². The van der Waals surface area contributed by atoms with Crippen LogP contribution < -0.4 is 10.8 Å². The molecular formula is C21H21F2IN4O3. The van der Waals surface area contributed by atoms with Crippen LogP contribution in [0.1, 0.15) is 34.6 Å². The second-order valence-electron chi connectivity index (χ2n) is 7.53. The third-order valence-corrected chi connectivity index (χ3v) is 5.75. The first-order valence-electron chi connectivity index (χ1n) is 9.84. The zero-order valence-electron chi connectivity index (χ0n) is 16.7. The predicted molar refractivity (Wildman–Crippen MR) is 120 cm³/mol. The highest BCUT2D eigenvalue weighted by Crippen LogP contribution is 2.35. The summed E-state index contributed by atoms with van der Waals surface area (Å²) >= 11 is 2.15. The summed E-state index contributed by atoms with van der Waals surface area (Å²) in [5.41, 5.74) is 2.91. The lowest BCUT2D eigenvalue weighted by Gasteiger charge is -2.16. The van der Waals surface area contributed by atoms with Crippen LogP contribution in [0.2, 0.25) is 0 Å². The summed E-state index contributed by atoms with van der Waals surface area (Å²) in [6, 6.07) is 5.43. The number of aliphatic hydroxyl groups is 1. The van der Waals surface area contributed by atoms with Crippen molar-refractivity contribution in [2.45, 2.75) is 26.2 Å². The van der Waals surface area contributed by atoms with Gasteiger partial charge in [0.25, 0.3) is 5.91 Å². The Hall–Kier alpha value is -2.31. The van der Waals surface area contributed by atoms with E-state index in [4.69, 9.17) is 4.84 Å². The van der Waals surface area contributed by atoms with Crippen LogP contribution in [0.4, 0.5) is 20.2 Å². The molecule has 31 heavy (non-hydrogen) atoms. The number of H-pyrrole nitrogens is 1. The number of anilines is 2. The summed E-state index contributed by atoms with van der Waals surface area (Å²) < 4.78 is 31.0. The van der Waals surface area contributed by atoms with Crippen molar-refractivity contribution in [2.24, 2.45) is 5.92 Å². The minimum absolute atomic E-state index is 0.0283. The number of fused-ring (bicyclic) bond motifs is 1. The molecule has 0 saturated heterocycles. The quantitative estimate of drug-likeness (QED) is 0.254. The van der Waals surface area contributed by atoms with E-state index in [-0.39, 0.29) is 41.1 Å². The molecule has 1 amide bonds. The highest BCUT2D eigenvalue weighted by molar-refractivity contribution is 14.1. The fourth-order valence-corrected chi connectivity index (χ4v) is 3.89. The van der Waals surface area contributed by atoms with Crippen LogP contribution in [-0.2, 0) is 11.3 Å². The molecule has 1 aliphatic carbocycles. The maximum atomic E-state index is 15.1. The molecule has 0 aliphatic heterocycles. The van der Waals surface area contributed by atoms with Crippen molar-refractivity contribution in [3.05, 3.63) is 50.4 Å². The molecule has 3 aromatic rings. The fraction of sp³-hybridized carbons (Fsp3) is 0.333. The van der Waals surface area contributed by atoms with Crippen molar-refractivity contribution in [1.82, 2.24) is 15.4 Å². The first kappa shape index (κ1) is 21.9. The normalized spacial score (nSPS) is 13.6. The summed E-state index contributed by atoms with van der Waals surface area (Å²) in [6.45, 7) is 1.95. The number of benzene rings is 2. The summed E-state index contributed by atoms with van der Waals surface area (Å²) in [6.07, 6.45) is 2.18. The molecule has 10 heteroatoms. The molecule has 0 spiro atoms. The molecule has 0 unspecified atom stereocenters. The molecule has 1 aliphatic rings. The number of rotatable bonds is 8. The number of hydrogen-bond acceptors (Lipinski definition) is 5. The Morgan fingerprint density at radius 1 is 1.35 bits per heavy atom. The first-order chi connectivity index (χ1) is 14.9. The van der Waals surface area contributed by atoms with Gasteiger partial charge in [-0.2, -0.15) is 0 Å². The Morgan fingerprint density at radius 2 is 2.13 bits per heavy atom. The number of hydroxylamine groups is 1. The Labute approximate surface area is 190 Å². The Balaban J connectivity index is 1.81. The SMILES string of the molecule is Cc1cc(I)ccc1Nc1c(F)c(F)c2nc(CCO)[nH]c2c1C(=O)NOCC1CC1. The second-order valence-corrected chi connectivity index (χ2v) is 8.77. The van der Waals surface area contributed by atoms with Crippen LogP contribution >= 0.6 is 22.6 Å². The van der Waals surface area contributed by atoms with Gasteiger partial charge in [0, 0.05) is 15.7 Å². The lowest BCUT2D eigenvalue weighted by Crippen LogP contribution is -2.26. The average molecular weight is 542 g/mol. The van der Waals surface area contributed by atoms with Gasteiger partial charge in [-0.25, -0.2) is 19.2 Å². The van der Waals surface area contributed by atoms with Crippen molar-refractivity contribution < 1.29 is 23.5 Å². The van der Waals surface area contributed by atoms with Gasteiger partial charge in [-0.3, -0.25) is 9.63 Å². The van der Waals surface area contributed by atoms with Gasteiger partial charge in [0.05, 0.1) is 30.0 Å². The number of nitrogens with one attached hydrogen (secondary N) is 3. The number of halogens is 3. The van der Waals surface area contributed by atoms with Crippen LogP contribution in [0.25, 0.3) is 11.0 Å². The highest BCUT2D eigenvalue weighted by atomic mass is 127. The Morgan fingerprint density at radius 3 is 2.81 bits per heavy atom. The summed E-state index contributed by atoms with van der Waals surface area (Å²) in [5, 5.41) is 12.1. The van der Waals surface area contributed by atoms with Gasteiger partial charge in [-0.15, -0.1) is 0 Å². The Kier molecular flexibility index (Phi) is 6.39.